The SMILES string of the molecule is O=C(c1cc(-c2ccco2)nc2ccccc12)N1CCN(S(=O)(=O)c2ccccc2[N+](=O)[O-])CC1. The van der Waals surface area contributed by atoms with Gasteiger partial charge in [0, 0.05) is 37.6 Å². The van der Waals surface area contributed by atoms with Crippen molar-refractivity contribution in [1.82, 2.24) is 14.2 Å². The van der Waals surface area contributed by atoms with Gasteiger partial charge in [0.15, 0.2) is 10.7 Å². The summed E-state index contributed by atoms with van der Waals surface area (Å²) in [4.78, 5) is 30.0. The van der Waals surface area contributed by atoms with Gasteiger partial charge in [-0.2, -0.15) is 4.31 Å². The molecular formula is C24H20N4O6S. The van der Waals surface area contributed by atoms with Crippen molar-refractivity contribution < 1.29 is 22.6 Å². The summed E-state index contributed by atoms with van der Waals surface area (Å²) in [6.45, 7) is 0.333. The average Bonchev–Trinajstić information content (AvgIpc) is 3.43. The van der Waals surface area contributed by atoms with Gasteiger partial charge in [-0.05, 0) is 30.3 Å². The van der Waals surface area contributed by atoms with E-state index in [1.54, 1.807) is 23.1 Å². The molecule has 0 bridgehead atoms. The highest BCUT2D eigenvalue weighted by Gasteiger charge is 2.35. The zero-order chi connectivity index (χ0) is 24.6. The van der Waals surface area contributed by atoms with Gasteiger partial charge in [-0.1, -0.05) is 30.3 Å². The molecule has 5 rings (SSSR count). The molecule has 2 aromatic heterocycles. The lowest BCUT2D eigenvalue weighted by molar-refractivity contribution is -0.387. The summed E-state index contributed by atoms with van der Waals surface area (Å²) in [6.07, 6.45) is 1.53. The lowest BCUT2D eigenvalue weighted by atomic mass is 10.1. The molecular weight excluding hydrogens is 472 g/mol. The van der Waals surface area contributed by atoms with Gasteiger partial charge in [0.05, 0.1) is 22.3 Å². The van der Waals surface area contributed by atoms with Crippen molar-refractivity contribution in [2.75, 3.05) is 26.2 Å². The van der Waals surface area contributed by atoms with Crippen molar-refractivity contribution in [3.05, 3.63) is 88.7 Å². The summed E-state index contributed by atoms with van der Waals surface area (Å²) in [6, 6.07) is 17.7. The Morgan fingerprint density at radius 1 is 0.971 bits per heavy atom. The molecule has 178 valence electrons. The molecule has 10 nitrogen and oxygen atoms in total. The van der Waals surface area contributed by atoms with E-state index < -0.39 is 20.6 Å². The van der Waals surface area contributed by atoms with E-state index >= 15 is 0 Å². The number of furan rings is 1. The number of pyridine rings is 1. The highest BCUT2D eigenvalue weighted by Crippen LogP contribution is 2.29. The Bertz CT molecular complexity index is 1530. The molecule has 0 aliphatic carbocycles. The van der Waals surface area contributed by atoms with E-state index in [1.165, 1.54) is 28.8 Å². The molecule has 1 amide bonds. The van der Waals surface area contributed by atoms with Gasteiger partial charge in [0.2, 0.25) is 10.0 Å². The second-order valence-electron chi connectivity index (χ2n) is 7.97. The van der Waals surface area contributed by atoms with Gasteiger partial charge in [0.1, 0.15) is 5.69 Å². The van der Waals surface area contributed by atoms with Gasteiger partial charge >= 0.3 is 0 Å². The van der Waals surface area contributed by atoms with Crippen molar-refractivity contribution >= 4 is 32.5 Å². The van der Waals surface area contributed by atoms with Crippen LogP contribution in [0.5, 0.6) is 0 Å². The van der Waals surface area contributed by atoms with E-state index in [-0.39, 0.29) is 37.0 Å². The molecule has 0 atom stereocenters. The van der Waals surface area contributed by atoms with Crippen LogP contribution in [0.2, 0.25) is 0 Å². The van der Waals surface area contributed by atoms with Crippen LogP contribution in [0.4, 0.5) is 5.69 Å². The first-order valence-corrected chi connectivity index (χ1v) is 12.3. The molecule has 0 saturated carbocycles. The molecule has 1 aliphatic rings. The van der Waals surface area contributed by atoms with Crippen molar-refractivity contribution in [1.29, 1.82) is 0 Å². The van der Waals surface area contributed by atoms with Gasteiger partial charge in [0.25, 0.3) is 11.6 Å². The van der Waals surface area contributed by atoms with E-state index in [0.29, 0.717) is 27.9 Å². The molecule has 0 N–H and O–H groups in total. The minimum absolute atomic E-state index is 0.0220. The smallest absolute Gasteiger partial charge is 0.289 e. The quantitative estimate of drug-likeness (QED) is 0.308. The third-order valence-corrected chi connectivity index (χ3v) is 7.87. The number of fused-ring (bicyclic) bond motifs is 1. The summed E-state index contributed by atoms with van der Waals surface area (Å²) in [7, 11) is -4.09. The number of para-hydroxylation sites is 2. The largest absolute Gasteiger partial charge is 0.463 e. The van der Waals surface area contributed by atoms with Gasteiger partial charge < -0.3 is 9.32 Å². The monoisotopic (exact) mass is 492 g/mol. The van der Waals surface area contributed by atoms with Crippen molar-refractivity contribution in [3.8, 4) is 11.5 Å². The molecule has 1 fully saturated rings. The van der Waals surface area contributed by atoms with E-state index in [9.17, 15) is 23.3 Å². The Morgan fingerprint density at radius 3 is 2.40 bits per heavy atom. The number of piperazine rings is 1. The topological polar surface area (TPSA) is 127 Å². The van der Waals surface area contributed by atoms with Gasteiger partial charge in [-0.25, -0.2) is 13.4 Å². The number of hydrogen-bond acceptors (Lipinski definition) is 7. The fourth-order valence-corrected chi connectivity index (χ4v) is 5.75. The number of nitro benzene ring substituents is 1. The standard InChI is InChI=1S/C24H20N4O6S/c29-24(18-16-20(22-9-5-15-34-22)25-19-7-2-1-6-17(18)19)26-11-13-27(14-12-26)35(32,33)23-10-4-3-8-21(23)28(30)31/h1-10,15-16H,11-14H2. The van der Waals surface area contributed by atoms with Crippen molar-refractivity contribution in [2.45, 2.75) is 4.90 Å². The number of amides is 1. The van der Waals surface area contributed by atoms with Crippen LogP contribution >= 0.6 is 0 Å². The average molecular weight is 493 g/mol. The molecule has 0 radical (unpaired) electrons. The first-order chi connectivity index (χ1) is 16.9. The number of rotatable bonds is 5. The number of carbonyl (C=O) groups excluding carboxylic acids is 1. The molecule has 11 heteroatoms. The fourth-order valence-electron chi connectivity index (χ4n) is 4.17. The zero-order valence-corrected chi connectivity index (χ0v) is 19.2. The molecule has 2 aromatic carbocycles. The highest BCUT2D eigenvalue weighted by molar-refractivity contribution is 7.89. The van der Waals surface area contributed by atoms with Crippen molar-refractivity contribution in [3.63, 3.8) is 0 Å². The maximum atomic E-state index is 13.5. The minimum Gasteiger partial charge on any atom is -0.463 e. The first kappa shape index (κ1) is 22.7. The molecule has 3 heterocycles. The summed E-state index contributed by atoms with van der Waals surface area (Å²) in [5, 5.41) is 12.0. The Hall–Kier alpha value is -4.09. The zero-order valence-electron chi connectivity index (χ0n) is 18.4. The maximum Gasteiger partial charge on any atom is 0.289 e. The number of nitrogens with zero attached hydrogens (tertiary/aromatic N) is 4. The van der Waals surface area contributed by atoms with E-state index in [0.717, 1.165) is 6.07 Å². The van der Waals surface area contributed by atoms with Crippen LogP contribution in [0.15, 0.2) is 82.3 Å². The number of hydrogen-bond donors (Lipinski definition) is 0. The highest BCUT2D eigenvalue weighted by atomic mass is 32.2. The maximum absolute atomic E-state index is 13.5. The number of sulfonamides is 1. The van der Waals surface area contributed by atoms with E-state index in [4.69, 9.17) is 4.42 Å². The number of nitro groups is 1. The van der Waals surface area contributed by atoms with Crippen LogP contribution in [0.3, 0.4) is 0 Å². The van der Waals surface area contributed by atoms with Crippen LogP contribution < -0.4 is 0 Å². The van der Waals surface area contributed by atoms with Crippen LogP contribution in [0.25, 0.3) is 22.4 Å². The molecule has 35 heavy (non-hydrogen) atoms. The third-order valence-electron chi connectivity index (χ3n) is 5.93. The Balaban J connectivity index is 1.41. The Morgan fingerprint density at radius 2 is 1.69 bits per heavy atom. The van der Waals surface area contributed by atoms with E-state index in [1.807, 2.05) is 24.3 Å². The Kier molecular flexibility index (Phi) is 5.79. The normalized spacial score (nSPS) is 14.8. The lowest BCUT2D eigenvalue weighted by Crippen LogP contribution is -2.50. The summed E-state index contributed by atoms with van der Waals surface area (Å²) < 4.78 is 32.9. The van der Waals surface area contributed by atoms with E-state index in [2.05, 4.69) is 4.98 Å². The number of benzene rings is 2. The number of carbonyl (C=O) groups is 1. The summed E-state index contributed by atoms with van der Waals surface area (Å²) >= 11 is 0. The third kappa shape index (κ3) is 4.15. The molecule has 1 aliphatic heterocycles. The van der Waals surface area contributed by atoms with Crippen LogP contribution in [0, 0.1) is 10.1 Å². The lowest BCUT2D eigenvalue weighted by Gasteiger charge is -2.34. The Labute approximate surface area is 200 Å². The van der Waals surface area contributed by atoms with Gasteiger partial charge in [-0.15, -0.1) is 0 Å². The minimum atomic E-state index is -4.09. The van der Waals surface area contributed by atoms with Crippen LogP contribution in [-0.4, -0.2) is 59.6 Å². The fraction of sp³-hybridized carbons (Fsp3) is 0.167. The molecule has 1 saturated heterocycles. The summed E-state index contributed by atoms with van der Waals surface area (Å²) in [5.41, 5.74) is 1.13. The first-order valence-electron chi connectivity index (χ1n) is 10.8. The molecule has 4 aromatic rings. The molecule has 0 unspecified atom stereocenters. The second kappa shape index (κ2) is 8.93. The van der Waals surface area contributed by atoms with Crippen LogP contribution in [0.1, 0.15) is 10.4 Å². The predicted molar refractivity (Wildman–Crippen MR) is 127 cm³/mol. The summed E-state index contributed by atoms with van der Waals surface area (Å²) in [5.74, 6) is 0.282. The second-order valence-corrected chi connectivity index (χ2v) is 9.88. The predicted octanol–water partition coefficient (Wildman–Crippen LogP) is 3.55. The van der Waals surface area contributed by atoms with Crippen LogP contribution in [-0.2, 0) is 10.0 Å². The van der Waals surface area contributed by atoms with Crippen molar-refractivity contribution in [2.24, 2.45) is 0 Å². The molecule has 0 spiro atoms. The van der Waals surface area contributed by atoms with Gasteiger partial charge in [-0.3, -0.25) is 14.9 Å². The number of aromatic nitrogens is 1.